The molecule has 2 heterocycles. The molecule has 0 aliphatic carbocycles. The van der Waals surface area contributed by atoms with Crippen LogP contribution in [0.3, 0.4) is 0 Å². The Morgan fingerprint density at radius 1 is 1.05 bits per heavy atom. The zero-order chi connectivity index (χ0) is 15.1. The summed E-state index contributed by atoms with van der Waals surface area (Å²) in [6, 6.07) is 17.5. The van der Waals surface area contributed by atoms with Crippen LogP contribution in [0.25, 0.3) is 0 Å². The van der Waals surface area contributed by atoms with Crippen LogP contribution in [0.4, 0.5) is 5.69 Å². The molecule has 0 radical (unpaired) electrons. The maximum atomic E-state index is 12.2. The summed E-state index contributed by atoms with van der Waals surface area (Å²) in [4.78, 5) is 19.7. The van der Waals surface area contributed by atoms with Gasteiger partial charge in [-0.3, -0.25) is 0 Å². The molecule has 0 unspecified atom stereocenters. The Bertz CT molecular complexity index is 828. The van der Waals surface area contributed by atoms with Crippen LogP contribution in [0.15, 0.2) is 75.2 Å². The number of carbonyl (C=O) groups is 1. The minimum absolute atomic E-state index is 0.359. The average molecular weight is 308 g/mol. The van der Waals surface area contributed by atoms with Crippen molar-refractivity contribution in [3.8, 4) is 0 Å². The number of ether oxygens (including phenoxy) is 1. The lowest BCUT2D eigenvalue weighted by atomic mass is 10.2. The molecule has 0 amide bonds. The van der Waals surface area contributed by atoms with Gasteiger partial charge in [-0.05, 0) is 24.3 Å². The van der Waals surface area contributed by atoms with Gasteiger partial charge in [0.1, 0.15) is 5.03 Å². The molecule has 2 aliphatic heterocycles. The fourth-order valence-corrected chi connectivity index (χ4v) is 3.58. The lowest BCUT2D eigenvalue weighted by molar-refractivity contribution is -0.130. The molecule has 2 aliphatic rings. The van der Waals surface area contributed by atoms with E-state index in [1.165, 1.54) is 0 Å². The summed E-state index contributed by atoms with van der Waals surface area (Å²) in [5, 5.41) is 0.803. The third-order valence-electron chi connectivity index (χ3n) is 3.56. The number of aliphatic imine (C=N–C) groups is 1. The number of benzene rings is 2. The third kappa shape index (κ3) is 2.02. The van der Waals surface area contributed by atoms with Crippen LogP contribution in [0.1, 0.15) is 5.56 Å². The second kappa shape index (κ2) is 5.03. The van der Waals surface area contributed by atoms with E-state index in [1.54, 1.807) is 11.8 Å². The molecule has 5 heteroatoms. The smallest absolute Gasteiger partial charge is 0.366 e. The molecule has 0 atom stereocenters. The summed E-state index contributed by atoms with van der Waals surface area (Å²) in [5.41, 5.74) is 2.24. The molecule has 0 saturated heterocycles. The van der Waals surface area contributed by atoms with Crippen LogP contribution in [0, 0.1) is 0 Å². The number of carbonyl (C=O) groups excluding carboxylic acids is 1. The zero-order valence-corrected chi connectivity index (χ0v) is 12.6. The predicted octanol–water partition coefficient (Wildman–Crippen LogP) is 3.40. The molecule has 0 saturated carbocycles. The minimum Gasteiger partial charge on any atom is -0.402 e. The Balaban J connectivity index is 1.77. The van der Waals surface area contributed by atoms with Gasteiger partial charge in [0.2, 0.25) is 5.90 Å². The first-order valence-corrected chi connectivity index (χ1v) is 7.67. The van der Waals surface area contributed by atoms with Crippen LogP contribution in [0.5, 0.6) is 0 Å². The lowest BCUT2D eigenvalue weighted by Gasteiger charge is -2.13. The fourth-order valence-electron chi connectivity index (χ4n) is 2.46. The summed E-state index contributed by atoms with van der Waals surface area (Å²) in [7, 11) is 1.93. The van der Waals surface area contributed by atoms with Gasteiger partial charge in [0, 0.05) is 17.5 Å². The van der Waals surface area contributed by atoms with Gasteiger partial charge < -0.3 is 9.64 Å². The molecule has 0 N–H and O–H groups in total. The van der Waals surface area contributed by atoms with Gasteiger partial charge >= 0.3 is 5.97 Å². The van der Waals surface area contributed by atoms with Crippen molar-refractivity contribution in [3.05, 3.63) is 70.9 Å². The molecule has 0 bridgehead atoms. The molecule has 4 rings (SSSR count). The lowest BCUT2D eigenvalue weighted by Crippen LogP contribution is -2.14. The second-order valence-corrected chi connectivity index (χ2v) is 5.99. The van der Waals surface area contributed by atoms with Gasteiger partial charge in [-0.1, -0.05) is 42.1 Å². The first kappa shape index (κ1) is 13.2. The molecule has 0 fully saturated rings. The van der Waals surface area contributed by atoms with Crippen molar-refractivity contribution >= 4 is 29.3 Å². The highest BCUT2D eigenvalue weighted by Gasteiger charge is 2.33. The van der Waals surface area contributed by atoms with E-state index in [9.17, 15) is 4.79 Å². The highest BCUT2D eigenvalue weighted by atomic mass is 32.2. The summed E-state index contributed by atoms with van der Waals surface area (Å²) in [5.74, 6) is -0.0425. The predicted molar refractivity (Wildman–Crippen MR) is 86.8 cm³/mol. The Morgan fingerprint density at radius 2 is 1.77 bits per heavy atom. The Hall–Kier alpha value is -2.53. The number of hydrogen-bond donors (Lipinski definition) is 0. The number of esters is 1. The second-order valence-electron chi connectivity index (χ2n) is 4.96. The van der Waals surface area contributed by atoms with Crippen LogP contribution < -0.4 is 4.90 Å². The van der Waals surface area contributed by atoms with Gasteiger partial charge in [-0.25, -0.2) is 9.79 Å². The Labute approximate surface area is 132 Å². The van der Waals surface area contributed by atoms with Crippen molar-refractivity contribution in [2.24, 2.45) is 4.99 Å². The van der Waals surface area contributed by atoms with E-state index in [-0.39, 0.29) is 0 Å². The van der Waals surface area contributed by atoms with E-state index < -0.39 is 5.97 Å². The number of nitrogens with zero attached hydrogens (tertiary/aromatic N) is 2. The van der Waals surface area contributed by atoms with E-state index in [1.807, 2.05) is 66.5 Å². The van der Waals surface area contributed by atoms with Crippen molar-refractivity contribution in [2.45, 2.75) is 4.90 Å². The van der Waals surface area contributed by atoms with E-state index in [4.69, 9.17) is 4.74 Å². The molecule has 2 aromatic carbocycles. The first-order chi connectivity index (χ1) is 10.7. The van der Waals surface area contributed by atoms with E-state index in [0.29, 0.717) is 11.6 Å². The maximum absolute atomic E-state index is 12.2. The minimum atomic E-state index is -0.402. The summed E-state index contributed by atoms with van der Waals surface area (Å²) in [6.45, 7) is 0. The monoisotopic (exact) mass is 308 g/mol. The molecule has 108 valence electrons. The van der Waals surface area contributed by atoms with Gasteiger partial charge in [-0.15, -0.1) is 0 Å². The number of cyclic esters (lactones) is 1. The van der Waals surface area contributed by atoms with Crippen molar-refractivity contribution in [1.29, 1.82) is 0 Å². The normalized spacial score (nSPS) is 20.0. The van der Waals surface area contributed by atoms with Crippen LogP contribution >= 0.6 is 11.8 Å². The summed E-state index contributed by atoms with van der Waals surface area (Å²) in [6.07, 6.45) is 0. The SMILES string of the molecule is CN1C(=C2N=C(c3ccccc3)OC2=O)Sc2ccccc21. The van der Waals surface area contributed by atoms with E-state index in [0.717, 1.165) is 21.2 Å². The molecule has 2 aromatic rings. The van der Waals surface area contributed by atoms with Gasteiger partial charge in [0.05, 0.1) is 5.69 Å². The largest absolute Gasteiger partial charge is 0.402 e. The van der Waals surface area contributed by atoms with Gasteiger partial charge in [-0.2, -0.15) is 0 Å². The standard InChI is InChI=1S/C17H12N2O2S/c1-19-12-9-5-6-10-13(12)22-16(19)14-17(20)21-15(18-14)11-7-3-2-4-8-11/h2-10H,1H3. The number of para-hydroxylation sites is 1. The number of hydrogen-bond acceptors (Lipinski definition) is 5. The fraction of sp³-hybridized carbons (Fsp3) is 0.0588. The van der Waals surface area contributed by atoms with Crippen LogP contribution in [-0.4, -0.2) is 18.9 Å². The maximum Gasteiger partial charge on any atom is 0.366 e. The topological polar surface area (TPSA) is 41.9 Å². The number of thioether (sulfide) groups is 1. The highest BCUT2D eigenvalue weighted by molar-refractivity contribution is 8.03. The Kier molecular flexibility index (Phi) is 3.01. The van der Waals surface area contributed by atoms with Gasteiger partial charge in [0.15, 0.2) is 5.70 Å². The highest BCUT2D eigenvalue weighted by Crippen LogP contribution is 2.46. The molecule has 4 nitrogen and oxygen atoms in total. The third-order valence-corrected chi connectivity index (χ3v) is 4.78. The first-order valence-electron chi connectivity index (χ1n) is 6.85. The molecule has 0 aromatic heterocycles. The number of rotatable bonds is 1. The van der Waals surface area contributed by atoms with Crippen molar-refractivity contribution in [3.63, 3.8) is 0 Å². The van der Waals surface area contributed by atoms with Crippen molar-refractivity contribution < 1.29 is 9.53 Å². The molecule has 0 spiro atoms. The molecular weight excluding hydrogens is 296 g/mol. The van der Waals surface area contributed by atoms with Crippen LogP contribution in [0.2, 0.25) is 0 Å². The molecule has 22 heavy (non-hydrogen) atoms. The van der Waals surface area contributed by atoms with Crippen molar-refractivity contribution in [2.75, 3.05) is 11.9 Å². The summed E-state index contributed by atoms with van der Waals surface area (Å²) < 4.78 is 5.33. The quantitative estimate of drug-likeness (QED) is 0.598. The number of fused-ring (bicyclic) bond motifs is 1. The van der Waals surface area contributed by atoms with E-state index >= 15 is 0 Å². The molecular formula is C17H12N2O2S. The van der Waals surface area contributed by atoms with E-state index in [2.05, 4.69) is 4.99 Å². The average Bonchev–Trinajstić information content (AvgIpc) is 3.09. The van der Waals surface area contributed by atoms with Crippen molar-refractivity contribution in [1.82, 2.24) is 0 Å². The zero-order valence-electron chi connectivity index (χ0n) is 11.8. The van der Waals surface area contributed by atoms with Crippen LogP contribution in [-0.2, 0) is 9.53 Å². The number of anilines is 1. The summed E-state index contributed by atoms with van der Waals surface area (Å²) >= 11 is 1.54. The van der Waals surface area contributed by atoms with Gasteiger partial charge in [0.25, 0.3) is 0 Å². The Morgan fingerprint density at radius 3 is 2.55 bits per heavy atom.